The highest BCUT2D eigenvalue weighted by Gasteiger charge is 2.37. The zero-order valence-electron chi connectivity index (χ0n) is 16.3. The van der Waals surface area contributed by atoms with E-state index in [2.05, 4.69) is 10.0 Å². The van der Waals surface area contributed by atoms with Crippen LogP contribution >= 0.6 is 0 Å². The zero-order valence-corrected chi connectivity index (χ0v) is 17.1. The molecule has 0 aromatic heterocycles. The molecule has 32 heavy (non-hydrogen) atoms. The Morgan fingerprint density at radius 3 is 2.00 bits per heavy atom. The van der Waals surface area contributed by atoms with Crippen molar-refractivity contribution in [1.29, 1.82) is 0 Å². The molecule has 1 aliphatic carbocycles. The minimum absolute atomic E-state index is 0.0493. The summed E-state index contributed by atoms with van der Waals surface area (Å²) >= 11 is 0. The molecule has 0 heterocycles. The monoisotopic (exact) mass is 482 g/mol. The molecular formula is C19H16F6N2O4S. The fraction of sp³-hybridized carbons (Fsp3) is 0.316. The number of rotatable bonds is 6. The van der Waals surface area contributed by atoms with Crippen LogP contribution in [0, 0.1) is 0 Å². The summed E-state index contributed by atoms with van der Waals surface area (Å²) in [6, 6.07) is 3.60. The number of hydrogen-bond donors (Lipinski definition) is 2. The summed E-state index contributed by atoms with van der Waals surface area (Å²) in [5, 5.41) is 2.13. The van der Waals surface area contributed by atoms with Crippen LogP contribution in [0.25, 0.3) is 0 Å². The maximum atomic E-state index is 13.0. The van der Waals surface area contributed by atoms with Gasteiger partial charge in [-0.25, -0.2) is 13.1 Å². The first kappa shape index (κ1) is 23.9. The summed E-state index contributed by atoms with van der Waals surface area (Å²) in [6.45, 7) is 0. The molecule has 174 valence electrons. The second-order valence-corrected chi connectivity index (χ2v) is 8.72. The SMILES string of the molecule is COc1ccc(S(=O)(=O)NC2CC2)cc1NC(=O)c1cc(C(F)(F)F)cc(C(F)(F)F)c1. The van der Waals surface area contributed by atoms with E-state index in [0.29, 0.717) is 12.8 Å². The van der Waals surface area contributed by atoms with Crippen molar-refractivity contribution in [2.24, 2.45) is 0 Å². The molecule has 1 aliphatic rings. The molecule has 0 atom stereocenters. The van der Waals surface area contributed by atoms with Gasteiger partial charge in [0.1, 0.15) is 5.75 Å². The average molecular weight is 482 g/mol. The Bertz CT molecular complexity index is 1110. The van der Waals surface area contributed by atoms with Gasteiger partial charge in [0.25, 0.3) is 5.91 Å². The fourth-order valence-corrected chi connectivity index (χ4v) is 4.05. The summed E-state index contributed by atoms with van der Waals surface area (Å²) in [6.07, 6.45) is -8.93. The largest absolute Gasteiger partial charge is 0.495 e. The number of hydrogen-bond acceptors (Lipinski definition) is 4. The molecule has 0 spiro atoms. The third-order valence-corrected chi connectivity index (χ3v) is 6.00. The normalized spacial score (nSPS) is 14.8. The number of ether oxygens (including phenoxy) is 1. The minimum Gasteiger partial charge on any atom is -0.495 e. The Balaban J connectivity index is 1.98. The number of amides is 1. The van der Waals surface area contributed by atoms with E-state index in [1.807, 2.05) is 0 Å². The van der Waals surface area contributed by atoms with Crippen LogP contribution in [0.3, 0.4) is 0 Å². The minimum atomic E-state index is -5.13. The Morgan fingerprint density at radius 2 is 1.53 bits per heavy atom. The number of benzene rings is 2. The molecule has 0 bridgehead atoms. The predicted octanol–water partition coefficient (Wildman–Crippen LogP) is 4.43. The highest BCUT2D eigenvalue weighted by Crippen LogP contribution is 2.37. The molecule has 1 fully saturated rings. The molecule has 2 N–H and O–H groups in total. The van der Waals surface area contributed by atoms with Gasteiger partial charge in [-0.1, -0.05) is 0 Å². The number of alkyl halides is 6. The van der Waals surface area contributed by atoms with Crippen LogP contribution in [-0.2, 0) is 22.4 Å². The second-order valence-electron chi connectivity index (χ2n) is 7.01. The number of nitrogens with one attached hydrogen (secondary N) is 2. The number of methoxy groups -OCH3 is 1. The molecule has 0 saturated heterocycles. The third-order valence-electron chi connectivity index (χ3n) is 4.48. The fourth-order valence-electron chi connectivity index (χ4n) is 2.72. The van der Waals surface area contributed by atoms with Crippen LogP contribution in [-0.4, -0.2) is 27.5 Å². The standard InChI is InChI=1S/C19H16F6N2O4S/c1-31-16-5-4-14(32(29,30)27-13-2-3-13)9-15(16)26-17(28)10-6-11(18(20,21)22)8-12(7-10)19(23,24)25/h4-9,13,27H,2-3H2,1H3,(H,26,28). The Labute approximate surface area is 178 Å². The lowest BCUT2D eigenvalue weighted by Crippen LogP contribution is -2.26. The van der Waals surface area contributed by atoms with Gasteiger partial charge in [0.15, 0.2) is 0 Å². The van der Waals surface area contributed by atoms with Crippen LogP contribution < -0.4 is 14.8 Å². The van der Waals surface area contributed by atoms with Gasteiger partial charge in [-0.2, -0.15) is 26.3 Å². The Morgan fingerprint density at radius 1 is 0.969 bits per heavy atom. The van der Waals surface area contributed by atoms with Crippen LogP contribution in [0.2, 0.25) is 0 Å². The van der Waals surface area contributed by atoms with E-state index >= 15 is 0 Å². The Kier molecular flexibility index (Phi) is 6.17. The van der Waals surface area contributed by atoms with Gasteiger partial charge < -0.3 is 10.1 Å². The van der Waals surface area contributed by atoms with Gasteiger partial charge in [-0.05, 0) is 49.2 Å². The first-order valence-corrected chi connectivity index (χ1v) is 10.5. The van der Waals surface area contributed by atoms with Crippen molar-refractivity contribution in [3.05, 3.63) is 53.1 Å². The molecule has 13 heteroatoms. The molecule has 2 aromatic carbocycles. The maximum absolute atomic E-state index is 13.0. The predicted molar refractivity (Wildman–Crippen MR) is 101 cm³/mol. The number of carbonyl (C=O) groups is 1. The number of sulfonamides is 1. The lowest BCUT2D eigenvalue weighted by molar-refractivity contribution is -0.143. The summed E-state index contributed by atoms with van der Waals surface area (Å²) in [5.41, 5.74) is -4.48. The van der Waals surface area contributed by atoms with Gasteiger partial charge in [-0.15, -0.1) is 0 Å². The molecule has 1 saturated carbocycles. The molecule has 3 rings (SSSR count). The number of carbonyl (C=O) groups excluding carboxylic acids is 1. The van der Waals surface area contributed by atoms with Crippen LogP contribution in [0.4, 0.5) is 32.0 Å². The number of anilines is 1. The second kappa shape index (κ2) is 8.28. The topological polar surface area (TPSA) is 84.5 Å². The molecule has 6 nitrogen and oxygen atoms in total. The summed E-state index contributed by atoms with van der Waals surface area (Å²) in [7, 11) is -2.76. The van der Waals surface area contributed by atoms with Crippen molar-refractivity contribution in [3.63, 3.8) is 0 Å². The van der Waals surface area contributed by atoms with Gasteiger partial charge in [0.2, 0.25) is 10.0 Å². The molecule has 0 aliphatic heterocycles. The maximum Gasteiger partial charge on any atom is 0.416 e. The van der Waals surface area contributed by atoms with E-state index in [1.54, 1.807) is 0 Å². The van der Waals surface area contributed by atoms with E-state index in [0.717, 1.165) is 6.07 Å². The van der Waals surface area contributed by atoms with Crippen molar-refractivity contribution in [2.45, 2.75) is 36.1 Å². The van der Waals surface area contributed by atoms with E-state index < -0.39 is 45.0 Å². The van der Waals surface area contributed by atoms with Gasteiger partial charge >= 0.3 is 12.4 Å². The Hall–Kier alpha value is -2.80. The van der Waals surface area contributed by atoms with Crippen molar-refractivity contribution < 1.29 is 44.3 Å². The van der Waals surface area contributed by atoms with Gasteiger partial charge in [-0.3, -0.25) is 4.79 Å². The van der Waals surface area contributed by atoms with E-state index in [1.165, 1.54) is 19.2 Å². The average Bonchev–Trinajstić information content (AvgIpc) is 3.49. The van der Waals surface area contributed by atoms with E-state index in [-0.39, 0.29) is 40.6 Å². The summed E-state index contributed by atoms with van der Waals surface area (Å²) < 4.78 is 110. The zero-order chi connectivity index (χ0) is 23.9. The first-order valence-electron chi connectivity index (χ1n) is 9.02. The lowest BCUT2D eigenvalue weighted by Gasteiger charge is -2.15. The summed E-state index contributed by atoms with van der Waals surface area (Å²) in [5.74, 6) is -1.36. The molecule has 0 radical (unpaired) electrons. The van der Waals surface area contributed by atoms with Crippen molar-refractivity contribution in [1.82, 2.24) is 4.72 Å². The lowest BCUT2D eigenvalue weighted by atomic mass is 10.0. The molecule has 2 aromatic rings. The van der Waals surface area contributed by atoms with Crippen LogP contribution in [0.5, 0.6) is 5.75 Å². The molecule has 0 unspecified atom stereocenters. The van der Waals surface area contributed by atoms with Gasteiger partial charge in [0, 0.05) is 11.6 Å². The third kappa shape index (κ3) is 5.51. The molecule has 1 amide bonds. The van der Waals surface area contributed by atoms with E-state index in [9.17, 15) is 39.6 Å². The van der Waals surface area contributed by atoms with Crippen molar-refractivity contribution in [3.8, 4) is 5.75 Å². The highest BCUT2D eigenvalue weighted by molar-refractivity contribution is 7.89. The van der Waals surface area contributed by atoms with Crippen molar-refractivity contribution in [2.75, 3.05) is 12.4 Å². The summed E-state index contributed by atoms with van der Waals surface area (Å²) in [4.78, 5) is 12.3. The first-order chi connectivity index (χ1) is 14.7. The van der Waals surface area contributed by atoms with Crippen LogP contribution in [0.15, 0.2) is 41.3 Å². The van der Waals surface area contributed by atoms with Crippen molar-refractivity contribution >= 4 is 21.6 Å². The van der Waals surface area contributed by atoms with E-state index in [4.69, 9.17) is 4.74 Å². The quantitative estimate of drug-likeness (QED) is 0.597. The smallest absolute Gasteiger partial charge is 0.416 e. The number of halogens is 6. The van der Waals surface area contributed by atoms with Crippen LogP contribution in [0.1, 0.15) is 34.3 Å². The molecular weight excluding hydrogens is 466 g/mol. The van der Waals surface area contributed by atoms with Gasteiger partial charge in [0.05, 0.1) is 28.8 Å². The highest BCUT2D eigenvalue weighted by atomic mass is 32.2.